The molecule has 0 bridgehead atoms. The van der Waals surface area contributed by atoms with Crippen LogP contribution in [0.3, 0.4) is 0 Å². The van der Waals surface area contributed by atoms with Crippen LogP contribution < -0.4 is 16.4 Å². The molecule has 0 spiro atoms. The molecule has 1 amide bonds. The normalized spacial score (nSPS) is 11.7. The Labute approximate surface area is 150 Å². The number of nitrogens with two attached hydrogens (primary N) is 1. The topological polar surface area (TPSA) is 98.0 Å². The highest BCUT2D eigenvalue weighted by atomic mass is 127. The maximum Gasteiger partial charge on any atom is 0.224 e. The van der Waals surface area contributed by atoms with Crippen molar-refractivity contribution in [3.63, 3.8) is 0 Å². The van der Waals surface area contributed by atoms with Crippen LogP contribution in [-0.4, -0.2) is 58.4 Å². The first kappa shape index (κ1) is 23.7. The van der Waals surface area contributed by atoms with Crippen molar-refractivity contribution in [1.29, 1.82) is 0 Å². The Morgan fingerprint density at radius 2 is 1.91 bits per heavy atom. The number of nitrogens with zero attached hydrogens (tertiary/aromatic N) is 1. The molecule has 0 aromatic rings. The van der Waals surface area contributed by atoms with E-state index in [2.05, 4.69) is 15.6 Å². The number of aliphatic imine (C=N–C) groups is 1. The second-order valence-electron chi connectivity index (χ2n) is 5.33. The molecule has 4 N–H and O–H groups in total. The summed E-state index contributed by atoms with van der Waals surface area (Å²) < 4.78 is 10.3. The summed E-state index contributed by atoms with van der Waals surface area (Å²) in [5.74, 6) is 0.331. The van der Waals surface area contributed by atoms with Gasteiger partial charge in [-0.3, -0.25) is 9.79 Å². The molecule has 132 valence electrons. The SMILES string of the molecule is CCNC(=NCC(C)(C)C(N)=O)NCCCOCCOC.I. The van der Waals surface area contributed by atoms with E-state index in [1.807, 2.05) is 6.92 Å². The number of primary amides is 1. The Morgan fingerprint density at radius 1 is 1.23 bits per heavy atom. The van der Waals surface area contributed by atoms with Crippen LogP contribution in [0.1, 0.15) is 27.2 Å². The van der Waals surface area contributed by atoms with Gasteiger partial charge in [0.25, 0.3) is 0 Å². The number of ether oxygens (including phenoxy) is 2. The zero-order valence-electron chi connectivity index (χ0n) is 14.1. The average Bonchev–Trinajstić information content (AvgIpc) is 2.43. The first-order chi connectivity index (χ1) is 9.94. The van der Waals surface area contributed by atoms with Crippen LogP contribution in [0.4, 0.5) is 0 Å². The van der Waals surface area contributed by atoms with E-state index in [1.165, 1.54) is 0 Å². The molecule has 0 aromatic carbocycles. The third-order valence-electron chi connectivity index (χ3n) is 2.83. The molecule has 0 aliphatic carbocycles. The molecule has 0 aromatic heterocycles. The van der Waals surface area contributed by atoms with Crippen molar-refractivity contribution >= 4 is 35.8 Å². The highest BCUT2D eigenvalue weighted by molar-refractivity contribution is 14.0. The zero-order valence-corrected chi connectivity index (χ0v) is 16.4. The van der Waals surface area contributed by atoms with Gasteiger partial charge in [0, 0.05) is 26.8 Å². The molecule has 0 heterocycles. The Bertz CT molecular complexity index is 325. The van der Waals surface area contributed by atoms with Crippen molar-refractivity contribution < 1.29 is 14.3 Å². The van der Waals surface area contributed by atoms with Crippen LogP contribution in [-0.2, 0) is 14.3 Å². The molecule has 0 aliphatic rings. The van der Waals surface area contributed by atoms with Crippen LogP contribution in [0.15, 0.2) is 4.99 Å². The van der Waals surface area contributed by atoms with Crippen LogP contribution in [0.25, 0.3) is 0 Å². The second kappa shape index (κ2) is 14.0. The summed E-state index contributed by atoms with van der Waals surface area (Å²) in [5, 5.41) is 6.33. The van der Waals surface area contributed by atoms with Gasteiger partial charge in [0.05, 0.1) is 25.2 Å². The van der Waals surface area contributed by atoms with Gasteiger partial charge in [-0.2, -0.15) is 0 Å². The smallest absolute Gasteiger partial charge is 0.224 e. The lowest BCUT2D eigenvalue weighted by atomic mass is 9.93. The highest BCUT2D eigenvalue weighted by Crippen LogP contribution is 2.13. The number of hydrogen-bond donors (Lipinski definition) is 3. The molecule has 0 saturated carbocycles. The van der Waals surface area contributed by atoms with Gasteiger partial charge in [0.1, 0.15) is 0 Å². The van der Waals surface area contributed by atoms with E-state index in [4.69, 9.17) is 15.2 Å². The summed E-state index contributed by atoms with van der Waals surface area (Å²) in [6.07, 6.45) is 0.868. The van der Waals surface area contributed by atoms with Gasteiger partial charge in [-0.1, -0.05) is 0 Å². The molecule has 22 heavy (non-hydrogen) atoms. The molecule has 0 radical (unpaired) electrons. The molecule has 0 fully saturated rings. The zero-order chi connectivity index (χ0) is 16.1. The molecule has 8 heteroatoms. The minimum Gasteiger partial charge on any atom is -0.382 e. The molecule has 0 unspecified atom stereocenters. The third kappa shape index (κ3) is 12.0. The van der Waals surface area contributed by atoms with Gasteiger partial charge in [0.2, 0.25) is 5.91 Å². The molecule has 0 aliphatic heterocycles. The summed E-state index contributed by atoms with van der Waals surface area (Å²) >= 11 is 0. The van der Waals surface area contributed by atoms with Crippen molar-refractivity contribution in [1.82, 2.24) is 10.6 Å². The predicted octanol–water partition coefficient (Wildman–Crippen LogP) is 0.724. The fourth-order valence-corrected chi connectivity index (χ4v) is 1.32. The predicted molar refractivity (Wildman–Crippen MR) is 99.7 cm³/mol. The number of carbonyl (C=O) groups excluding carboxylic acids is 1. The summed E-state index contributed by atoms with van der Waals surface area (Å²) in [6, 6.07) is 0. The first-order valence-corrected chi connectivity index (χ1v) is 7.32. The summed E-state index contributed by atoms with van der Waals surface area (Å²) in [4.78, 5) is 15.6. The maximum absolute atomic E-state index is 11.3. The van der Waals surface area contributed by atoms with Crippen LogP contribution in [0, 0.1) is 5.41 Å². The van der Waals surface area contributed by atoms with Gasteiger partial charge in [-0.05, 0) is 27.2 Å². The lowest BCUT2D eigenvalue weighted by Crippen LogP contribution is -2.40. The van der Waals surface area contributed by atoms with Gasteiger partial charge in [-0.15, -0.1) is 24.0 Å². The van der Waals surface area contributed by atoms with Crippen molar-refractivity contribution in [3.05, 3.63) is 0 Å². The Kier molecular flexibility index (Phi) is 15.1. The van der Waals surface area contributed by atoms with Crippen LogP contribution in [0.5, 0.6) is 0 Å². The minimum absolute atomic E-state index is 0. The molecular formula is C14H31IN4O3. The van der Waals surface area contributed by atoms with E-state index < -0.39 is 5.41 Å². The lowest BCUT2D eigenvalue weighted by Gasteiger charge is -2.19. The third-order valence-corrected chi connectivity index (χ3v) is 2.83. The minimum atomic E-state index is -0.647. The van der Waals surface area contributed by atoms with Crippen LogP contribution in [0.2, 0.25) is 0 Å². The van der Waals surface area contributed by atoms with Gasteiger partial charge in [-0.25, -0.2) is 0 Å². The van der Waals surface area contributed by atoms with Crippen molar-refractivity contribution in [2.45, 2.75) is 27.2 Å². The second-order valence-corrected chi connectivity index (χ2v) is 5.33. The molecule has 7 nitrogen and oxygen atoms in total. The highest BCUT2D eigenvalue weighted by Gasteiger charge is 2.24. The Hall–Kier alpha value is -0.610. The average molecular weight is 430 g/mol. The molecule has 0 atom stereocenters. The number of rotatable bonds is 11. The van der Waals surface area contributed by atoms with E-state index >= 15 is 0 Å². The summed E-state index contributed by atoms with van der Waals surface area (Å²) in [6.45, 7) is 9.30. The first-order valence-electron chi connectivity index (χ1n) is 7.32. The number of amides is 1. The van der Waals surface area contributed by atoms with E-state index in [-0.39, 0.29) is 29.9 Å². The Morgan fingerprint density at radius 3 is 2.45 bits per heavy atom. The molecular weight excluding hydrogens is 399 g/mol. The van der Waals surface area contributed by atoms with Gasteiger partial charge < -0.3 is 25.8 Å². The number of halogens is 1. The number of hydrogen-bond acceptors (Lipinski definition) is 4. The number of guanidine groups is 1. The lowest BCUT2D eigenvalue weighted by molar-refractivity contribution is -0.125. The fourth-order valence-electron chi connectivity index (χ4n) is 1.32. The largest absolute Gasteiger partial charge is 0.382 e. The Balaban J connectivity index is 0. The summed E-state index contributed by atoms with van der Waals surface area (Å²) in [7, 11) is 1.65. The van der Waals surface area contributed by atoms with E-state index in [0.717, 1.165) is 19.5 Å². The summed E-state index contributed by atoms with van der Waals surface area (Å²) in [5.41, 5.74) is 4.69. The van der Waals surface area contributed by atoms with E-state index in [1.54, 1.807) is 21.0 Å². The van der Waals surface area contributed by atoms with Crippen molar-refractivity contribution in [2.75, 3.05) is 46.6 Å². The monoisotopic (exact) mass is 430 g/mol. The fraction of sp³-hybridized carbons (Fsp3) is 0.857. The van der Waals surface area contributed by atoms with Crippen LogP contribution >= 0.6 is 24.0 Å². The number of nitrogens with one attached hydrogen (secondary N) is 2. The number of methoxy groups -OCH3 is 1. The van der Waals surface area contributed by atoms with Crippen molar-refractivity contribution in [3.8, 4) is 0 Å². The molecule has 0 saturated heterocycles. The van der Waals surface area contributed by atoms with Gasteiger partial charge >= 0.3 is 0 Å². The van der Waals surface area contributed by atoms with Gasteiger partial charge in [0.15, 0.2) is 5.96 Å². The quantitative estimate of drug-likeness (QED) is 0.194. The van der Waals surface area contributed by atoms with E-state index in [9.17, 15) is 4.79 Å². The number of carbonyl (C=O) groups is 1. The molecule has 0 rings (SSSR count). The standard InChI is InChI=1S/C14H30N4O3.HI/c1-5-16-13(18-11-14(2,3)12(15)19)17-7-6-8-21-10-9-20-4;/h5-11H2,1-4H3,(H2,15,19)(H2,16,17,18);1H. The maximum atomic E-state index is 11.3. The van der Waals surface area contributed by atoms with E-state index in [0.29, 0.717) is 32.3 Å². The van der Waals surface area contributed by atoms with Crippen molar-refractivity contribution in [2.24, 2.45) is 16.1 Å².